The molecule has 1 N–H and O–H groups in total. The maximum atomic E-state index is 12.7. The van der Waals surface area contributed by atoms with E-state index in [1.54, 1.807) is 0 Å². The van der Waals surface area contributed by atoms with Crippen LogP contribution >= 0.6 is 23.1 Å². The van der Waals surface area contributed by atoms with Crippen LogP contribution < -0.4 is 5.32 Å². The average Bonchev–Trinajstić information content (AvgIpc) is 3.36. The minimum absolute atomic E-state index is 0.143. The van der Waals surface area contributed by atoms with Gasteiger partial charge >= 0.3 is 5.97 Å². The van der Waals surface area contributed by atoms with Gasteiger partial charge in [-0.05, 0) is 64.9 Å². The first-order chi connectivity index (χ1) is 14.5. The Labute approximate surface area is 185 Å². The molecular formula is C21H28N4O3S2. The first kappa shape index (κ1) is 21.4. The molecule has 2 heterocycles. The van der Waals surface area contributed by atoms with Crippen LogP contribution in [-0.2, 0) is 28.9 Å². The summed E-state index contributed by atoms with van der Waals surface area (Å²) >= 11 is 2.91. The molecule has 2 aliphatic rings. The summed E-state index contributed by atoms with van der Waals surface area (Å²) < 4.78 is 7.57. The van der Waals surface area contributed by atoms with E-state index < -0.39 is 0 Å². The summed E-state index contributed by atoms with van der Waals surface area (Å²) in [6.07, 6.45) is 6.13. The highest BCUT2D eigenvalue weighted by Crippen LogP contribution is 2.40. The summed E-state index contributed by atoms with van der Waals surface area (Å²) in [6, 6.07) is 0. The van der Waals surface area contributed by atoms with Gasteiger partial charge in [0, 0.05) is 17.3 Å². The Morgan fingerprint density at radius 1 is 1.27 bits per heavy atom. The number of thiophene rings is 1. The molecule has 2 aromatic rings. The Bertz CT molecular complexity index is 946. The predicted molar refractivity (Wildman–Crippen MR) is 119 cm³/mol. The number of thioether (sulfide) groups is 1. The van der Waals surface area contributed by atoms with Crippen molar-refractivity contribution in [3.8, 4) is 0 Å². The smallest absolute Gasteiger partial charge is 0.341 e. The number of esters is 1. The molecule has 0 atom stereocenters. The van der Waals surface area contributed by atoms with Crippen molar-refractivity contribution in [1.82, 2.24) is 14.8 Å². The molecule has 1 saturated carbocycles. The van der Waals surface area contributed by atoms with Gasteiger partial charge in [0.2, 0.25) is 5.91 Å². The maximum absolute atomic E-state index is 12.7. The molecule has 0 radical (unpaired) electrons. The summed E-state index contributed by atoms with van der Waals surface area (Å²) in [5, 5.41) is 13.0. The number of rotatable bonds is 8. The number of carbonyl (C=O) groups is 2. The third-order valence-corrected chi connectivity index (χ3v) is 7.48. The van der Waals surface area contributed by atoms with Crippen LogP contribution in [0, 0.1) is 0 Å². The van der Waals surface area contributed by atoms with Gasteiger partial charge in [-0.1, -0.05) is 11.8 Å². The molecule has 2 aromatic heterocycles. The molecule has 0 saturated heterocycles. The van der Waals surface area contributed by atoms with Crippen LogP contribution in [0.4, 0.5) is 5.00 Å². The number of hydrogen-bond acceptors (Lipinski definition) is 7. The molecule has 0 bridgehead atoms. The largest absolute Gasteiger partial charge is 0.459 e. The zero-order valence-electron chi connectivity index (χ0n) is 17.7. The fourth-order valence-corrected chi connectivity index (χ4v) is 5.89. The maximum Gasteiger partial charge on any atom is 0.341 e. The molecule has 162 valence electrons. The first-order valence-corrected chi connectivity index (χ1v) is 12.5. The molecule has 7 nitrogen and oxygen atoms in total. The number of nitrogens with one attached hydrogen (secondary N) is 1. The normalized spacial score (nSPS) is 15.9. The number of carbonyl (C=O) groups excluding carboxylic acids is 2. The minimum Gasteiger partial charge on any atom is -0.459 e. The Morgan fingerprint density at radius 3 is 2.73 bits per heavy atom. The van der Waals surface area contributed by atoms with Gasteiger partial charge < -0.3 is 14.6 Å². The van der Waals surface area contributed by atoms with Gasteiger partial charge in [-0.25, -0.2) is 4.79 Å². The van der Waals surface area contributed by atoms with Crippen LogP contribution in [0.1, 0.15) is 79.0 Å². The Morgan fingerprint density at radius 2 is 2.03 bits per heavy atom. The Balaban J connectivity index is 1.46. The SMILES string of the molecule is CCn1c(SCC(=O)Nc2sc3c(c2C(=O)OC(C)C)CCCC3)nnc1C1CC1. The second kappa shape index (κ2) is 9.09. The van der Waals surface area contributed by atoms with Gasteiger partial charge in [-0.15, -0.1) is 21.5 Å². The molecule has 1 fully saturated rings. The van der Waals surface area contributed by atoms with E-state index in [0.29, 0.717) is 16.5 Å². The van der Waals surface area contributed by atoms with Gasteiger partial charge in [0.25, 0.3) is 0 Å². The number of amides is 1. The van der Waals surface area contributed by atoms with Crippen molar-refractivity contribution in [1.29, 1.82) is 0 Å². The number of aromatic nitrogens is 3. The van der Waals surface area contributed by atoms with E-state index in [9.17, 15) is 9.59 Å². The highest BCUT2D eigenvalue weighted by atomic mass is 32.2. The van der Waals surface area contributed by atoms with Crippen LogP contribution in [0.3, 0.4) is 0 Å². The van der Waals surface area contributed by atoms with Crippen molar-refractivity contribution in [2.75, 3.05) is 11.1 Å². The number of aryl methyl sites for hydroxylation is 1. The van der Waals surface area contributed by atoms with E-state index in [4.69, 9.17) is 4.74 Å². The van der Waals surface area contributed by atoms with E-state index in [0.717, 1.165) is 48.8 Å². The van der Waals surface area contributed by atoms with Gasteiger partial charge in [-0.2, -0.15) is 0 Å². The number of nitrogens with zero attached hydrogens (tertiary/aromatic N) is 3. The van der Waals surface area contributed by atoms with Crippen molar-refractivity contribution >= 4 is 40.0 Å². The van der Waals surface area contributed by atoms with Crippen molar-refractivity contribution in [3.63, 3.8) is 0 Å². The van der Waals surface area contributed by atoms with Gasteiger partial charge in [-0.3, -0.25) is 4.79 Å². The monoisotopic (exact) mass is 448 g/mol. The lowest BCUT2D eigenvalue weighted by atomic mass is 9.95. The van der Waals surface area contributed by atoms with E-state index in [-0.39, 0.29) is 23.7 Å². The van der Waals surface area contributed by atoms with Gasteiger partial charge in [0.05, 0.1) is 17.4 Å². The van der Waals surface area contributed by atoms with Crippen molar-refractivity contribution in [3.05, 3.63) is 21.8 Å². The van der Waals surface area contributed by atoms with Crippen LogP contribution in [-0.4, -0.2) is 38.5 Å². The molecule has 1 amide bonds. The van der Waals surface area contributed by atoms with E-state index in [1.165, 1.54) is 40.8 Å². The molecule has 4 rings (SSSR count). The number of ether oxygens (including phenoxy) is 1. The lowest BCUT2D eigenvalue weighted by Crippen LogP contribution is -2.19. The van der Waals surface area contributed by atoms with E-state index in [1.807, 2.05) is 13.8 Å². The average molecular weight is 449 g/mol. The molecule has 9 heteroatoms. The lowest BCUT2D eigenvalue weighted by molar-refractivity contribution is -0.113. The highest BCUT2D eigenvalue weighted by Gasteiger charge is 2.30. The molecule has 0 unspecified atom stereocenters. The van der Waals surface area contributed by atoms with E-state index >= 15 is 0 Å². The minimum atomic E-state index is -0.341. The molecular weight excluding hydrogens is 420 g/mol. The highest BCUT2D eigenvalue weighted by molar-refractivity contribution is 7.99. The lowest BCUT2D eigenvalue weighted by Gasteiger charge is -2.14. The van der Waals surface area contributed by atoms with Gasteiger partial charge in [0.15, 0.2) is 5.16 Å². The van der Waals surface area contributed by atoms with Crippen LogP contribution in [0.25, 0.3) is 0 Å². The fraction of sp³-hybridized carbons (Fsp3) is 0.619. The summed E-state index contributed by atoms with van der Waals surface area (Å²) in [6.45, 7) is 6.55. The topological polar surface area (TPSA) is 86.1 Å². The predicted octanol–water partition coefficient (Wildman–Crippen LogP) is 4.41. The molecule has 0 spiro atoms. The number of fused-ring (bicyclic) bond motifs is 1. The zero-order chi connectivity index (χ0) is 21.3. The first-order valence-electron chi connectivity index (χ1n) is 10.7. The second-order valence-electron chi connectivity index (χ2n) is 8.07. The van der Waals surface area contributed by atoms with Gasteiger partial charge in [0.1, 0.15) is 10.8 Å². The van der Waals surface area contributed by atoms with Crippen LogP contribution in [0.5, 0.6) is 0 Å². The third-order valence-electron chi connectivity index (χ3n) is 5.31. The molecule has 2 aliphatic carbocycles. The summed E-state index contributed by atoms with van der Waals surface area (Å²) in [7, 11) is 0. The fourth-order valence-electron chi connectivity index (χ4n) is 3.78. The molecule has 30 heavy (non-hydrogen) atoms. The van der Waals surface area contributed by atoms with Crippen molar-refractivity contribution in [2.24, 2.45) is 0 Å². The number of hydrogen-bond donors (Lipinski definition) is 1. The van der Waals surface area contributed by atoms with Crippen LogP contribution in [0.2, 0.25) is 0 Å². The quantitative estimate of drug-likeness (QED) is 0.475. The molecule has 0 aromatic carbocycles. The molecule has 0 aliphatic heterocycles. The zero-order valence-corrected chi connectivity index (χ0v) is 19.3. The Kier molecular flexibility index (Phi) is 6.48. The van der Waals surface area contributed by atoms with Crippen molar-refractivity contribution < 1.29 is 14.3 Å². The second-order valence-corrected chi connectivity index (χ2v) is 10.1. The Hall–Kier alpha value is -1.87. The van der Waals surface area contributed by atoms with Crippen LogP contribution in [0.15, 0.2) is 5.16 Å². The summed E-state index contributed by atoms with van der Waals surface area (Å²) in [4.78, 5) is 26.6. The summed E-state index contributed by atoms with van der Waals surface area (Å²) in [5.41, 5.74) is 1.61. The number of anilines is 1. The van der Waals surface area contributed by atoms with E-state index in [2.05, 4.69) is 27.0 Å². The van der Waals surface area contributed by atoms with Crippen molar-refractivity contribution in [2.45, 2.75) is 83.0 Å². The summed E-state index contributed by atoms with van der Waals surface area (Å²) in [5.74, 6) is 1.30. The third kappa shape index (κ3) is 4.56. The standard InChI is InChI=1S/C21H28N4O3S2/c1-4-25-18(13-9-10-13)23-24-21(25)29-11-16(26)22-19-17(20(27)28-12(2)3)14-7-5-6-8-15(14)30-19/h12-13H,4-11H2,1-3H3,(H,22,26).